The van der Waals surface area contributed by atoms with E-state index in [1.165, 1.54) is 0 Å². The molecule has 0 spiro atoms. The van der Waals surface area contributed by atoms with Gasteiger partial charge in [0.25, 0.3) is 5.91 Å². The largest absolute Gasteiger partial charge is 0.473 e. The highest BCUT2D eigenvalue weighted by molar-refractivity contribution is 5.81. The van der Waals surface area contributed by atoms with Crippen LogP contribution in [0.25, 0.3) is 0 Å². The van der Waals surface area contributed by atoms with Crippen molar-refractivity contribution in [2.24, 2.45) is 0 Å². The molecule has 1 aromatic rings. The Morgan fingerprint density at radius 1 is 1.32 bits per heavy atom. The molecule has 0 N–H and O–H groups in total. The van der Waals surface area contributed by atoms with E-state index in [1.54, 1.807) is 18.6 Å². The fourth-order valence-electron chi connectivity index (χ4n) is 2.84. The van der Waals surface area contributed by atoms with E-state index in [2.05, 4.69) is 14.9 Å². The predicted molar refractivity (Wildman–Crippen MR) is 79.5 cm³/mol. The Morgan fingerprint density at radius 2 is 2.14 bits per heavy atom. The summed E-state index contributed by atoms with van der Waals surface area (Å²) in [5, 5.41) is 0. The highest BCUT2D eigenvalue weighted by Crippen LogP contribution is 2.18. The number of rotatable bonds is 3. The van der Waals surface area contributed by atoms with E-state index in [9.17, 15) is 4.79 Å². The quantitative estimate of drug-likeness (QED) is 0.793. The first-order valence-electron chi connectivity index (χ1n) is 7.74. The Kier molecular flexibility index (Phi) is 4.84. The third-order valence-corrected chi connectivity index (χ3v) is 4.13. The lowest BCUT2D eigenvalue weighted by Gasteiger charge is -2.36. The first-order valence-corrected chi connectivity index (χ1v) is 7.74. The van der Waals surface area contributed by atoms with E-state index < -0.39 is 0 Å². The molecule has 0 saturated carbocycles. The molecule has 0 aliphatic carbocycles. The maximum Gasteiger partial charge on any atom is 0.253 e. The molecular formula is C15H22N4O3. The van der Waals surface area contributed by atoms with E-state index in [0.29, 0.717) is 32.1 Å². The minimum absolute atomic E-state index is 0.0932. The Bertz CT molecular complexity index is 491. The van der Waals surface area contributed by atoms with Crippen LogP contribution in [0.15, 0.2) is 18.6 Å². The van der Waals surface area contributed by atoms with Crippen molar-refractivity contribution in [3.8, 4) is 5.88 Å². The van der Waals surface area contributed by atoms with Gasteiger partial charge in [0.05, 0.1) is 12.8 Å². The molecule has 22 heavy (non-hydrogen) atoms. The Balaban J connectivity index is 1.48. The number of amides is 1. The van der Waals surface area contributed by atoms with Crippen LogP contribution in [0.2, 0.25) is 0 Å². The first-order chi connectivity index (χ1) is 10.7. The lowest BCUT2D eigenvalue weighted by Crippen LogP contribution is -2.52. The molecule has 3 heterocycles. The van der Waals surface area contributed by atoms with Crippen molar-refractivity contribution in [2.45, 2.75) is 25.0 Å². The van der Waals surface area contributed by atoms with Crippen molar-refractivity contribution in [1.82, 2.24) is 19.8 Å². The van der Waals surface area contributed by atoms with E-state index in [1.807, 2.05) is 11.9 Å². The third-order valence-electron chi connectivity index (χ3n) is 4.13. The molecule has 120 valence electrons. The average Bonchev–Trinajstić information content (AvgIpc) is 2.56. The molecule has 1 atom stereocenters. The SMILES string of the molecule is CN1CCOC(C(=O)N2CCC(Oc3cnccn3)CC2)C1. The van der Waals surface area contributed by atoms with Crippen LogP contribution < -0.4 is 4.74 Å². The van der Waals surface area contributed by atoms with E-state index in [4.69, 9.17) is 9.47 Å². The molecule has 2 aliphatic heterocycles. The molecule has 0 radical (unpaired) electrons. The molecule has 0 aromatic carbocycles. The number of nitrogens with zero attached hydrogens (tertiary/aromatic N) is 4. The smallest absolute Gasteiger partial charge is 0.253 e. The topological polar surface area (TPSA) is 67.8 Å². The number of aromatic nitrogens is 2. The number of carbonyl (C=O) groups is 1. The van der Waals surface area contributed by atoms with Gasteiger partial charge in [-0.05, 0) is 7.05 Å². The van der Waals surface area contributed by atoms with Crippen molar-refractivity contribution in [2.75, 3.05) is 39.8 Å². The van der Waals surface area contributed by atoms with Gasteiger partial charge in [0.15, 0.2) is 0 Å². The average molecular weight is 306 g/mol. The predicted octanol–water partition coefficient (Wildman–Crippen LogP) is 0.177. The monoisotopic (exact) mass is 306 g/mol. The number of hydrogen-bond acceptors (Lipinski definition) is 6. The van der Waals surface area contributed by atoms with Crippen LogP contribution in [0.1, 0.15) is 12.8 Å². The molecule has 0 bridgehead atoms. The molecule has 1 amide bonds. The molecule has 7 heteroatoms. The summed E-state index contributed by atoms with van der Waals surface area (Å²) in [5.41, 5.74) is 0. The number of piperidine rings is 1. The van der Waals surface area contributed by atoms with Crippen molar-refractivity contribution >= 4 is 5.91 Å². The van der Waals surface area contributed by atoms with Gasteiger partial charge in [-0.1, -0.05) is 0 Å². The van der Waals surface area contributed by atoms with Crippen molar-refractivity contribution in [3.05, 3.63) is 18.6 Å². The van der Waals surface area contributed by atoms with Crippen LogP contribution in [0.3, 0.4) is 0 Å². The van der Waals surface area contributed by atoms with E-state index in [0.717, 1.165) is 19.4 Å². The lowest BCUT2D eigenvalue weighted by molar-refractivity contribution is -0.150. The van der Waals surface area contributed by atoms with Gasteiger partial charge in [0, 0.05) is 51.4 Å². The molecule has 3 rings (SSSR count). The summed E-state index contributed by atoms with van der Waals surface area (Å²) in [6, 6.07) is 0. The first kappa shape index (κ1) is 15.2. The van der Waals surface area contributed by atoms with Crippen molar-refractivity contribution < 1.29 is 14.3 Å². The zero-order valence-corrected chi connectivity index (χ0v) is 12.9. The minimum Gasteiger partial charge on any atom is -0.473 e. The van der Waals surface area contributed by atoms with Gasteiger partial charge in [-0.3, -0.25) is 9.78 Å². The molecule has 2 fully saturated rings. The van der Waals surface area contributed by atoms with Crippen LogP contribution in [0, 0.1) is 0 Å². The standard InChI is InChI=1S/C15H22N4O3/c1-18-8-9-21-13(11-18)15(20)19-6-2-12(3-7-19)22-14-10-16-4-5-17-14/h4-5,10,12-13H,2-3,6-9,11H2,1H3. The fourth-order valence-corrected chi connectivity index (χ4v) is 2.84. The zero-order valence-electron chi connectivity index (χ0n) is 12.9. The van der Waals surface area contributed by atoms with E-state index >= 15 is 0 Å². The second kappa shape index (κ2) is 7.02. The van der Waals surface area contributed by atoms with E-state index in [-0.39, 0.29) is 18.1 Å². The fraction of sp³-hybridized carbons (Fsp3) is 0.667. The van der Waals surface area contributed by atoms with Crippen LogP contribution in [-0.2, 0) is 9.53 Å². The minimum atomic E-state index is -0.323. The van der Waals surface area contributed by atoms with Crippen LogP contribution in [-0.4, -0.2) is 77.7 Å². The molecule has 7 nitrogen and oxygen atoms in total. The normalized spacial score (nSPS) is 24.2. The van der Waals surface area contributed by atoms with Crippen molar-refractivity contribution in [3.63, 3.8) is 0 Å². The van der Waals surface area contributed by atoms with Gasteiger partial charge in [-0.15, -0.1) is 0 Å². The highest BCUT2D eigenvalue weighted by atomic mass is 16.5. The number of morpholine rings is 1. The highest BCUT2D eigenvalue weighted by Gasteiger charge is 2.31. The molecule has 1 unspecified atom stereocenters. The molecule has 2 saturated heterocycles. The number of carbonyl (C=O) groups excluding carboxylic acids is 1. The maximum atomic E-state index is 12.5. The summed E-state index contributed by atoms with van der Waals surface area (Å²) in [6.07, 6.45) is 6.24. The van der Waals surface area contributed by atoms with Crippen LogP contribution in [0.5, 0.6) is 5.88 Å². The zero-order chi connectivity index (χ0) is 15.4. The number of likely N-dealkylation sites (tertiary alicyclic amines) is 1. The van der Waals surface area contributed by atoms with Crippen LogP contribution in [0.4, 0.5) is 0 Å². The van der Waals surface area contributed by atoms with Gasteiger partial charge in [0.2, 0.25) is 5.88 Å². The summed E-state index contributed by atoms with van der Waals surface area (Å²) in [7, 11) is 2.02. The Hall–Kier alpha value is -1.73. The maximum absolute atomic E-state index is 12.5. The van der Waals surface area contributed by atoms with Gasteiger partial charge in [0.1, 0.15) is 12.2 Å². The van der Waals surface area contributed by atoms with Crippen LogP contribution >= 0.6 is 0 Å². The Labute approximate surface area is 130 Å². The lowest BCUT2D eigenvalue weighted by atomic mass is 10.1. The van der Waals surface area contributed by atoms with Crippen molar-refractivity contribution in [1.29, 1.82) is 0 Å². The van der Waals surface area contributed by atoms with Gasteiger partial charge in [-0.2, -0.15) is 0 Å². The summed E-state index contributed by atoms with van der Waals surface area (Å²) in [5.74, 6) is 0.647. The number of likely N-dealkylation sites (N-methyl/N-ethyl adjacent to an activating group) is 1. The van der Waals surface area contributed by atoms with Gasteiger partial charge < -0.3 is 19.3 Å². The molecule has 1 aromatic heterocycles. The van der Waals surface area contributed by atoms with Gasteiger partial charge in [-0.25, -0.2) is 4.98 Å². The Morgan fingerprint density at radius 3 is 2.82 bits per heavy atom. The summed E-state index contributed by atoms with van der Waals surface area (Å²) in [6.45, 7) is 3.59. The molecule has 2 aliphatic rings. The second-order valence-corrected chi connectivity index (χ2v) is 5.81. The summed E-state index contributed by atoms with van der Waals surface area (Å²) < 4.78 is 11.4. The molecular weight excluding hydrogens is 284 g/mol. The second-order valence-electron chi connectivity index (χ2n) is 5.81. The summed E-state index contributed by atoms with van der Waals surface area (Å²) >= 11 is 0. The number of hydrogen-bond donors (Lipinski definition) is 0. The summed E-state index contributed by atoms with van der Waals surface area (Å²) in [4.78, 5) is 24.6. The number of ether oxygens (including phenoxy) is 2. The van der Waals surface area contributed by atoms with Gasteiger partial charge >= 0.3 is 0 Å². The third kappa shape index (κ3) is 3.72.